The number of hydrogen-bond acceptors (Lipinski definition) is 6. The smallest absolute Gasteiger partial charge is 0.240 e. The Hall–Kier alpha value is -4.04. The minimum Gasteiger partial charge on any atom is -0.240 e. The lowest BCUT2D eigenvalue weighted by molar-refractivity contribution is 0.410. The molecule has 3 aromatic carbocycles. The minimum absolute atomic E-state index is 0.000156. The van der Waals surface area contributed by atoms with Gasteiger partial charge in [-0.1, -0.05) is 62.4 Å². The van der Waals surface area contributed by atoms with Gasteiger partial charge in [0.05, 0.1) is 15.5 Å². The van der Waals surface area contributed by atoms with Crippen LogP contribution in [0.25, 0.3) is 23.0 Å². The van der Waals surface area contributed by atoms with Gasteiger partial charge in [-0.25, -0.2) is 21.5 Å². The van der Waals surface area contributed by atoms with E-state index in [9.17, 15) is 22.1 Å². The molecule has 0 spiro atoms. The second-order valence-corrected chi connectivity index (χ2v) is 12.9. The van der Waals surface area contributed by atoms with Crippen molar-refractivity contribution in [2.45, 2.75) is 36.5 Å². The molecule has 206 valence electrons. The van der Waals surface area contributed by atoms with E-state index in [-0.39, 0.29) is 9.79 Å². The molecular formula is C30H30N4O4S2. The van der Waals surface area contributed by atoms with Gasteiger partial charge >= 0.3 is 0 Å². The molecule has 40 heavy (non-hydrogen) atoms. The predicted molar refractivity (Wildman–Crippen MR) is 156 cm³/mol. The van der Waals surface area contributed by atoms with Gasteiger partial charge in [0.1, 0.15) is 16.7 Å². The highest BCUT2D eigenvalue weighted by Crippen LogP contribution is 2.30. The standard InChI is InChI=1S/C30H30N4O4S2/c1-3-18-33(19-4-2)40(37,38)28-17-11-12-24(20-28)30-25(23-34(32-30)26-13-7-5-8-14-26)21-29(22-31)39(35,36)27-15-9-6-10-16-27/h5-17,20-21,23H,3-4,18-19H2,1-2H3/b29-21-. The first-order chi connectivity index (χ1) is 19.2. The molecule has 0 fully saturated rings. The Morgan fingerprint density at radius 2 is 1.48 bits per heavy atom. The van der Waals surface area contributed by atoms with E-state index in [0.717, 1.165) is 0 Å². The molecule has 0 unspecified atom stereocenters. The summed E-state index contributed by atoms with van der Waals surface area (Å²) >= 11 is 0. The number of nitrogens with zero attached hydrogens (tertiary/aromatic N) is 4. The summed E-state index contributed by atoms with van der Waals surface area (Å²) in [7, 11) is -7.86. The van der Waals surface area contributed by atoms with Gasteiger partial charge in [0.15, 0.2) is 0 Å². The average molecular weight is 575 g/mol. The molecule has 4 aromatic rings. The van der Waals surface area contributed by atoms with Crippen LogP contribution < -0.4 is 0 Å². The molecule has 0 aliphatic rings. The first-order valence-electron chi connectivity index (χ1n) is 12.9. The molecular weight excluding hydrogens is 544 g/mol. The molecule has 4 rings (SSSR count). The van der Waals surface area contributed by atoms with Gasteiger partial charge in [-0.3, -0.25) is 0 Å². The summed E-state index contributed by atoms with van der Waals surface area (Å²) in [6.07, 6.45) is 4.28. The Labute approximate surface area is 235 Å². The van der Waals surface area contributed by atoms with E-state index in [0.29, 0.717) is 48.4 Å². The van der Waals surface area contributed by atoms with Crippen LogP contribution >= 0.6 is 0 Å². The molecule has 0 aliphatic heterocycles. The highest BCUT2D eigenvalue weighted by Gasteiger charge is 2.25. The number of para-hydroxylation sites is 1. The van der Waals surface area contributed by atoms with Gasteiger partial charge in [0.25, 0.3) is 0 Å². The molecule has 0 saturated carbocycles. The first-order valence-corrected chi connectivity index (χ1v) is 15.8. The van der Waals surface area contributed by atoms with Crippen molar-refractivity contribution < 1.29 is 16.8 Å². The maximum atomic E-state index is 13.5. The summed E-state index contributed by atoms with van der Waals surface area (Å²) in [6.45, 7) is 4.67. The summed E-state index contributed by atoms with van der Waals surface area (Å²) in [5, 5.41) is 14.6. The Morgan fingerprint density at radius 3 is 2.08 bits per heavy atom. The predicted octanol–water partition coefficient (Wildman–Crippen LogP) is 5.69. The van der Waals surface area contributed by atoms with Crippen LogP contribution in [-0.2, 0) is 19.9 Å². The van der Waals surface area contributed by atoms with Crippen LogP contribution in [0.2, 0.25) is 0 Å². The van der Waals surface area contributed by atoms with Crippen molar-refractivity contribution in [3.8, 4) is 23.0 Å². The summed E-state index contributed by atoms with van der Waals surface area (Å²) < 4.78 is 56.6. The normalized spacial score (nSPS) is 12.4. The Bertz CT molecular complexity index is 1750. The number of rotatable bonds is 11. The van der Waals surface area contributed by atoms with Crippen LogP contribution in [0.4, 0.5) is 0 Å². The second-order valence-electron chi connectivity index (χ2n) is 9.08. The molecule has 0 N–H and O–H groups in total. The van der Waals surface area contributed by atoms with Gasteiger partial charge in [-0.2, -0.15) is 14.7 Å². The van der Waals surface area contributed by atoms with E-state index in [4.69, 9.17) is 5.10 Å². The van der Waals surface area contributed by atoms with Crippen LogP contribution in [0, 0.1) is 11.3 Å². The van der Waals surface area contributed by atoms with E-state index in [2.05, 4.69) is 0 Å². The van der Waals surface area contributed by atoms with Crippen LogP contribution in [-0.4, -0.2) is 44.0 Å². The van der Waals surface area contributed by atoms with E-state index in [1.807, 2.05) is 50.2 Å². The van der Waals surface area contributed by atoms with Crippen LogP contribution in [0.1, 0.15) is 32.3 Å². The molecule has 8 nitrogen and oxygen atoms in total. The maximum absolute atomic E-state index is 13.5. The first kappa shape index (κ1) is 29.0. The number of sulfone groups is 1. The van der Waals surface area contributed by atoms with Gasteiger partial charge in [0, 0.05) is 30.4 Å². The van der Waals surface area contributed by atoms with Gasteiger partial charge < -0.3 is 0 Å². The third kappa shape index (κ3) is 6.07. The zero-order valence-corrected chi connectivity index (χ0v) is 23.9. The molecule has 0 saturated heterocycles. The molecule has 0 bridgehead atoms. The van der Waals surface area contributed by atoms with Crippen molar-refractivity contribution in [1.82, 2.24) is 14.1 Å². The zero-order valence-electron chi connectivity index (χ0n) is 22.3. The number of sulfonamides is 1. The monoisotopic (exact) mass is 574 g/mol. The van der Waals surface area contributed by atoms with Gasteiger partial charge in [0.2, 0.25) is 19.9 Å². The number of hydrogen-bond donors (Lipinski definition) is 0. The van der Waals surface area contributed by atoms with Crippen molar-refractivity contribution in [3.05, 3.63) is 102 Å². The Balaban J connectivity index is 1.89. The quantitative estimate of drug-likeness (QED) is 0.213. The van der Waals surface area contributed by atoms with E-state index in [1.54, 1.807) is 53.3 Å². The molecule has 0 amide bonds. The lowest BCUT2D eigenvalue weighted by Crippen LogP contribution is -2.32. The van der Waals surface area contributed by atoms with E-state index < -0.39 is 24.8 Å². The number of benzene rings is 3. The fourth-order valence-electron chi connectivity index (χ4n) is 4.27. The molecule has 0 atom stereocenters. The Kier molecular flexibility index (Phi) is 9.00. The highest BCUT2D eigenvalue weighted by molar-refractivity contribution is 7.95. The van der Waals surface area contributed by atoms with Crippen LogP contribution in [0.3, 0.4) is 0 Å². The molecule has 0 aliphatic carbocycles. The summed E-state index contributed by atoms with van der Waals surface area (Å²) in [5.41, 5.74) is 1.89. The fraction of sp³-hybridized carbons (Fsp3) is 0.200. The number of nitriles is 1. The van der Waals surface area contributed by atoms with E-state index >= 15 is 0 Å². The lowest BCUT2D eigenvalue weighted by Gasteiger charge is -2.21. The summed E-state index contributed by atoms with van der Waals surface area (Å²) in [5.74, 6) is 0. The maximum Gasteiger partial charge on any atom is 0.243 e. The van der Waals surface area contributed by atoms with Crippen molar-refractivity contribution in [2.75, 3.05) is 13.1 Å². The van der Waals surface area contributed by atoms with E-state index in [1.165, 1.54) is 22.5 Å². The van der Waals surface area contributed by atoms with Crippen LogP contribution in [0.5, 0.6) is 0 Å². The number of aromatic nitrogens is 2. The molecule has 0 radical (unpaired) electrons. The fourth-order valence-corrected chi connectivity index (χ4v) is 7.11. The zero-order chi connectivity index (χ0) is 28.8. The molecule has 1 heterocycles. The van der Waals surface area contributed by atoms with Crippen molar-refractivity contribution in [2.24, 2.45) is 0 Å². The van der Waals surface area contributed by atoms with Gasteiger partial charge in [-0.05, 0) is 55.3 Å². The van der Waals surface area contributed by atoms with Gasteiger partial charge in [-0.15, -0.1) is 0 Å². The summed E-state index contributed by atoms with van der Waals surface area (Å²) in [6, 6.07) is 25.2. The topological polar surface area (TPSA) is 113 Å². The van der Waals surface area contributed by atoms with Crippen molar-refractivity contribution >= 4 is 25.9 Å². The summed E-state index contributed by atoms with van der Waals surface area (Å²) in [4.78, 5) is -0.332. The molecule has 10 heteroatoms. The third-order valence-electron chi connectivity index (χ3n) is 6.19. The van der Waals surface area contributed by atoms with Crippen molar-refractivity contribution in [3.63, 3.8) is 0 Å². The highest BCUT2D eigenvalue weighted by atomic mass is 32.2. The second kappa shape index (κ2) is 12.4. The van der Waals surface area contributed by atoms with Crippen molar-refractivity contribution in [1.29, 1.82) is 5.26 Å². The average Bonchev–Trinajstić information content (AvgIpc) is 3.40. The number of allylic oxidation sites excluding steroid dienone is 1. The lowest BCUT2D eigenvalue weighted by atomic mass is 10.1. The molecule has 1 aromatic heterocycles. The SMILES string of the molecule is CCCN(CCC)S(=O)(=O)c1cccc(-c2nn(-c3ccccc3)cc2/C=C(/C#N)S(=O)(=O)c2ccccc2)c1. The van der Waals surface area contributed by atoms with Crippen LogP contribution in [0.15, 0.2) is 106 Å². The minimum atomic E-state index is -4.10. The largest absolute Gasteiger partial charge is 0.243 e. The third-order valence-corrected chi connectivity index (χ3v) is 9.77. The Morgan fingerprint density at radius 1 is 0.875 bits per heavy atom.